The first kappa shape index (κ1) is 25.6. The largest absolute Gasteiger partial charge is 0.480 e. The Kier molecular flexibility index (Phi) is 8.43. The van der Waals surface area contributed by atoms with E-state index >= 15 is 0 Å². The highest BCUT2D eigenvalue weighted by atomic mass is 16.5. The van der Waals surface area contributed by atoms with Crippen molar-refractivity contribution >= 4 is 23.3 Å². The Balaban J connectivity index is 1.11. The third kappa shape index (κ3) is 6.46. The zero-order valence-corrected chi connectivity index (χ0v) is 21.0. The van der Waals surface area contributed by atoms with Gasteiger partial charge in [-0.1, -0.05) is 12.1 Å². The number of anilines is 2. The molecule has 200 valence electrons. The number of carbonyl (C=O) groups is 1. The minimum Gasteiger partial charge on any atom is -0.480 e. The average molecular weight is 522 g/mol. The van der Waals surface area contributed by atoms with Crippen LogP contribution in [0.5, 0.6) is 0 Å². The van der Waals surface area contributed by atoms with Crippen molar-refractivity contribution in [2.75, 3.05) is 69.4 Å². The van der Waals surface area contributed by atoms with Crippen molar-refractivity contribution in [2.24, 2.45) is 0 Å². The maximum atomic E-state index is 10.4. The van der Waals surface area contributed by atoms with Crippen LogP contribution in [0.2, 0.25) is 0 Å². The molecule has 3 aromatic heterocycles. The molecule has 1 fully saturated rings. The van der Waals surface area contributed by atoms with Gasteiger partial charge in [-0.05, 0) is 29.8 Å². The van der Waals surface area contributed by atoms with Crippen molar-refractivity contribution in [1.29, 1.82) is 0 Å². The minimum atomic E-state index is -0.966. The van der Waals surface area contributed by atoms with Crippen LogP contribution in [-0.4, -0.2) is 94.7 Å². The van der Waals surface area contributed by atoms with E-state index in [-0.39, 0.29) is 6.61 Å². The van der Waals surface area contributed by atoms with Crippen LogP contribution in [0.1, 0.15) is 5.76 Å². The highest BCUT2D eigenvalue weighted by Crippen LogP contribution is 2.27. The summed E-state index contributed by atoms with van der Waals surface area (Å²) >= 11 is 0. The van der Waals surface area contributed by atoms with Gasteiger partial charge in [0.2, 0.25) is 5.95 Å². The van der Waals surface area contributed by atoms with Crippen molar-refractivity contribution in [1.82, 2.24) is 24.5 Å². The quantitative estimate of drug-likeness (QED) is 0.251. The Hall–Kier alpha value is -4.00. The number of furan rings is 1. The SMILES string of the molecule is O=C(O)COCCOCCN1CCN(c2ccc(-c3cnc(NCc4ccco4)n4cnnc34)cc2)CC1. The average Bonchev–Trinajstić information content (AvgIpc) is 3.64. The maximum absolute atomic E-state index is 10.4. The number of hydrogen-bond acceptors (Lipinski definition) is 10. The maximum Gasteiger partial charge on any atom is 0.329 e. The summed E-state index contributed by atoms with van der Waals surface area (Å²) in [5.74, 6) is 0.504. The molecule has 1 aromatic carbocycles. The van der Waals surface area contributed by atoms with Crippen LogP contribution in [0.4, 0.5) is 11.6 Å². The fourth-order valence-electron chi connectivity index (χ4n) is 4.39. The summed E-state index contributed by atoms with van der Waals surface area (Å²) < 4.78 is 17.8. The summed E-state index contributed by atoms with van der Waals surface area (Å²) in [5.41, 5.74) is 3.86. The number of piperazine rings is 1. The van der Waals surface area contributed by atoms with E-state index in [0.29, 0.717) is 32.3 Å². The number of fused-ring (bicyclic) bond motifs is 1. The van der Waals surface area contributed by atoms with Crippen LogP contribution < -0.4 is 10.2 Å². The van der Waals surface area contributed by atoms with Gasteiger partial charge in [-0.2, -0.15) is 0 Å². The normalized spacial score (nSPS) is 14.3. The second kappa shape index (κ2) is 12.5. The summed E-state index contributed by atoms with van der Waals surface area (Å²) in [7, 11) is 0. The Morgan fingerprint density at radius 2 is 1.87 bits per heavy atom. The molecule has 2 N–H and O–H groups in total. The zero-order chi connectivity index (χ0) is 26.2. The van der Waals surface area contributed by atoms with Gasteiger partial charge in [-0.15, -0.1) is 10.2 Å². The van der Waals surface area contributed by atoms with Gasteiger partial charge in [0.1, 0.15) is 18.7 Å². The van der Waals surface area contributed by atoms with Crippen molar-refractivity contribution in [2.45, 2.75) is 6.54 Å². The molecule has 4 heterocycles. The number of aliphatic carboxylic acids is 1. The number of benzene rings is 1. The lowest BCUT2D eigenvalue weighted by Crippen LogP contribution is -2.47. The number of aromatic nitrogens is 4. The number of hydrogen-bond donors (Lipinski definition) is 2. The first-order chi connectivity index (χ1) is 18.7. The summed E-state index contributed by atoms with van der Waals surface area (Å²) in [6.45, 7) is 6.17. The second-order valence-corrected chi connectivity index (χ2v) is 8.89. The summed E-state index contributed by atoms with van der Waals surface area (Å²) in [6.07, 6.45) is 5.12. The Morgan fingerprint density at radius 1 is 1.05 bits per heavy atom. The predicted octanol–water partition coefficient (Wildman–Crippen LogP) is 2.24. The molecule has 12 nitrogen and oxygen atoms in total. The van der Waals surface area contributed by atoms with Crippen LogP contribution in [0.25, 0.3) is 16.8 Å². The molecule has 0 unspecified atom stereocenters. The lowest BCUT2D eigenvalue weighted by atomic mass is 10.1. The minimum absolute atomic E-state index is 0.287. The Morgan fingerprint density at radius 3 is 2.63 bits per heavy atom. The van der Waals surface area contributed by atoms with Gasteiger partial charge in [-0.25, -0.2) is 9.78 Å². The fraction of sp³-hybridized carbons (Fsp3) is 0.385. The predicted molar refractivity (Wildman–Crippen MR) is 140 cm³/mol. The highest BCUT2D eigenvalue weighted by molar-refractivity contribution is 5.78. The molecule has 0 spiro atoms. The molecule has 1 aliphatic heterocycles. The van der Waals surface area contributed by atoms with E-state index in [2.05, 4.69) is 54.6 Å². The van der Waals surface area contributed by atoms with Crippen LogP contribution in [0.15, 0.2) is 59.6 Å². The molecule has 0 aliphatic carbocycles. The van der Waals surface area contributed by atoms with Gasteiger partial charge in [0.25, 0.3) is 0 Å². The molecule has 0 bridgehead atoms. The number of nitrogens with one attached hydrogen (secondary N) is 1. The molecular formula is C26H31N7O5. The molecule has 1 aliphatic rings. The van der Waals surface area contributed by atoms with Crippen molar-refractivity contribution < 1.29 is 23.8 Å². The molecule has 5 rings (SSSR count). The fourth-order valence-corrected chi connectivity index (χ4v) is 4.39. The topological polar surface area (TPSA) is 130 Å². The van der Waals surface area contributed by atoms with Gasteiger partial charge < -0.3 is 29.2 Å². The highest BCUT2D eigenvalue weighted by Gasteiger charge is 2.18. The van der Waals surface area contributed by atoms with Crippen LogP contribution >= 0.6 is 0 Å². The number of ether oxygens (including phenoxy) is 2. The number of carboxylic acid groups (broad SMARTS) is 1. The lowest BCUT2D eigenvalue weighted by Gasteiger charge is -2.36. The van der Waals surface area contributed by atoms with E-state index in [1.807, 2.05) is 22.7 Å². The third-order valence-electron chi connectivity index (χ3n) is 6.40. The molecule has 0 radical (unpaired) electrons. The van der Waals surface area contributed by atoms with Crippen molar-refractivity contribution in [3.8, 4) is 11.1 Å². The first-order valence-corrected chi connectivity index (χ1v) is 12.6. The van der Waals surface area contributed by atoms with Crippen molar-refractivity contribution in [3.63, 3.8) is 0 Å². The van der Waals surface area contributed by atoms with Gasteiger partial charge in [0, 0.05) is 50.2 Å². The number of carboxylic acids is 1. The Labute approximate surface area is 219 Å². The third-order valence-corrected chi connectivity index (χ3v) is 6.40. The van der Waals surface area contributed by atoms with Gasteiger partial charge in [-0.3, -0.25) is 9.30 Å². The van der Waals surface area contributed by atoms with Crippen LogP contribution in [-0.2, 0) is 20.8 Å². The van der Waals surface area contributed by atoms with Crippen LogP contribution in [0.3, 0.4) is 0 Å². The van der Waals surface area contributed by atoms with Gasteiger partial charge in [0.05, 0.1) is 32.6 Å². The van der Waals surface area contributed by atoms with Crippen LogP contribution in [0, 0.1) is 0 Å². The smallest absolute Gasteiger partial charge is 0.329 e. The summed E-state index contributed by atoms with van der Waals surface area (Å²) in [6, 6.07) is 12.2. The van der Waals surface area contributed by atoms with Gasteiger partial charge in [0.15, 0.2) is 5.65 Å². The molecule has 1 saturated heterocycles. The summed E-state index contributed by atoms with van der Waals surface area (Å²) in [4.78, 5) is 19.8. The first-order valence-electron chi connectivity index (χ1n) is 12.6. The van der Waals surface area contributed by atoms with E-state index in [1.165, 1.54) is 5.69 Å². The molecule has 0 atom stereocenters. The molecule has 0 saturated carbocycles. The van der Waals surface area contributed by atoms with Gasteiger partial charge >= 0.3 is 5.97 Å². The molecular weight excluding hydrogens is 490 g/mol. The van der Waals surface area contributed by atoms with E-state index in [0.717, 1.165) is 55.3 Å². The molecule has 0 amide bonds. The monoisotopic (exact) mass is 521 g/mol. The molecule has 38 heavy (non-hydrogen) atoms. The zero-order valence-electron chi connectivity index (χ0n) is 21.0. The van der Waals surface area contributed by atoms with E-state index in [1.54, 1.807) is 12.6 Å². The molecule has 4 aromatic rings. The number of rotatable bonds is 13. The Bertz CT molecular complexity index is 1300. The van der Waals surface area contributed by atoms with E-state index in [9.17, 15) is 4.79 Å². The van der Waals surface area contributed by atoms with E-state index < -0.39 is 5.97 Å². The second-order valence-electron chi connectivity index (χ2n) is 8.89. The lowest BCUT2D eigenvalue weighted by molar-refractivity contribution is -0.142. The standard InChI is InChI=1S/C26H31N7O5/c34-24(35)18-37-15-14-36-13-11-31-7-9-32(10-8-31)21-5-3-20(4-6-21)23-17-28-26(33-19-29-30-25(23)33)27-16-22-2-1-12-38-22/h1-6,12,17,19H,7-11,13-16,18H2,(H,27,28)(H,34,35). The molecule has 12 heteroatoms. The summed E-state index contributed by atoms with van der Waals surface area (Å²) in [5, 5.41) is 20.2. The number of nitrogens with zero attached hydrogens (tertiary/aromatic N) is 6. The van der Waals surface area contributed by atoms with E-state index in [4.69, 9.17) is 19.0 Å². The van der Waals surface area contributed by atoms with Crippen molar-refractivity contribution in [3.05, 3.63) is 60.9 Å².